The third-order valence-electron chi connectivity index (χ3n) is 3.54. The fraction of sp³-hybridized carbons (Fsp3) is 0.176. The molecule has 0 aliphatic heterocycles. The Hall–Kier alpha value is -3.50. The maximum atomic E-state index is 13.4. The molecule has 0 radical (unpaired) electrons. The number of amides is 1. The molecule has 3 aromatic rings. The van der Waals surface area contributed by atoms with Gasteiger partial charge in [0.25, 0.3) is 5.95 Å². The zero-order chi connectivity index (χ0) is 20.1. The van der Waals surface area contributed by atoms with Gasteiger partial charge in [0, 0.05) is 18.9 Å². The maximum Gasteiger partial charge on any atom is 0.437 e. The van der Waals surface area contributed by atoms with Gasteiger partial charge in [-0.05, 0) is 30.2 Å². The molecule has 28 heavy (non-hydrogen) atoms. The van der Waals surface area contributed by atoms with Gasteiger partial charge >= 0.3 is 12.3 Å². The van der Waals surface area contributed by atoms with E-state index >= 15 is 0 Å². The van der Waals surface area contributed by atoms with Crippen molar-refractivity contribution < 1.29 is 27.1 Å². The standard InChI is InChI=1S/C17H13F4N5O2/c18-12-4-2-11(3-5-12)6-9-24-16(27)28-13-10-25-26(14(13)17(19,20)21)15-22-7-1-8-23-15/h1-5,7-8,10H,6,9H2,(H,24,27). The highest BCUT2D eigenvalue weighted by Crippen LogP contribution is 2.37. The van der Waals surface area contributed by atoms with E-state index in [0.29, 0.717) is 11.1 Å². The Balaban J connectivity index is 1.68. The number of carbonyl (C=O) groups is 1. The Labute approximate surface area is 156 Å². The van der Waals surface area contributed by atoms with E-state index in [1.807, 2.05) is 0 Å². The van der Waals surface area contributed by atoms with Gasteiger partial charge in [0.15, 0.2) is 11.4 Å². The van der Waals surface area contributed by atoms with Crippen LogP contribution in [-0.2, 0) is 12.6 Å². The fourth-order valence-electron chi connectivity index (χ4n) is 2.32. The quantitative estimate of drug-likeness (QED) is 0.672. The molecule has 11 heteroatoms. The Morgan fingerprint density at radius 3 is 2.46 bits per heavy atom. The van der Waals surface area contributed by atoms with Crippen molar-refractivity contribution in [3.8, 4) is 11.7 Å². The SMILES string of the molecule is O=C(NCCc1ccc(F)cc1)Oc1cnn(-c2ncccn2)c1C(F)(F)F. The molecule has 0 aliphatic rings. The van der Waals surface area contributed by atoms with Crippen LogP contribution in [0.2, 0.25) is 0 Å². The summed E-state index contributed by atoms with van der Waals surface area (Å²) in [6.07, 6.45) is -2.32. The normalized spacial score (nSPS) is 11.3. The number of hydrogen-bond acceptors (Lipinski definition) is 5. The van der Waals surface area contributed by atoms with Crippen LogP contribution in [-0.4, -0.2) is 32.4 Å². The molecule has 1 aromatic carbocycles. The monoisotopic (exact) mass is 395 g/mol. The van der Waals surface area contributed by atoms with Gasteiger partial charge in [-0.25, -0.2) is 19.2 Å². The minimum atomic E-state index is -4.86. The molecule has 0 spiro atoms. The van der Waals surface area contributed by atoms with E-state index in [4.69, 9.17) is 4.74 Å². The Bertz CT molecular complexity index is 942. The lowest BCUT2D eigenvalue weighted by Crippen LogP contribution is -2.29. The van der Waals surface area contributed by atoms with Gasteiger partial charge < -0.3 is 10.1 Å². The Morgan fingerprint density at radius 1 is 1.14 bits per heavy atom. The van der Waals surface area contributed by atoms with Crippen molar-refractivity contribution >= 4 is 6.09 Å². The lowest BCUT2D eigenvalue weighted by atomic mass is 10.1. The second kappa shape index (κ2) is 8.03. The van der Waals surface area contributed by atoms with E-state index in [1.165, 1.54) is 42.7 Å². The van der Waals surface area contributed by atoms with Crippen molar-refractivity contribution in [3.05, 3.63) is 66.0 Å². The van der Waals surface area contributed by atoms with Crippen molar-refractivity contribution in [2.24, 2.45) is 0 Å². The van der Waals surface area contributed by atoms with Gasteiger partial charge in [0.05, 0.1) is 6.20 Å². The second-order valence-corrected chi connectivity index (χ2v) is 5.51. The van der Waals surface area contributed by atoms with E-state index in [0.717, 1.165) is 11.8 Å². The van der Waals surface area contributed by atoms with E-state index in [2.05, 4.69) is 20.4 Å². The number of nitrogens with zero attached hydrogens (tertiary/aromatic N) is 4. The number of ether oxygens (including phenoxy) is 1. The summed E-state index contributed by atoms with van der Waals surface area (Å²) < 4.78 is 58.3. The molecule has 0 saturated carbocycles. The smallest absolute Gasteiger partial charge is 0.406 e. The van der Waals surface area contributed by atoms with Gasteiger partial charge in [-0.15, -0.1) is 0 Å². The minimum absolute atomic E-state index is 0.0851. The van der Waals surface area contributed by atoms with Crippen LogP contribution in [0.4, 0.5) is 22.4 Å². The van der Waals surface area contributed by atoms with Crippen LogP contribution < -0.4 is 10.1 Å². The summed E-state index contributed by atoms with van der Waals surface area (Å²) in [6.45, 7) is 0.0851. The number of hydrogen-bond donors (Lipinski definition) is 1. The van der Waals surface area contributed by atoms with Crippen LogP contribution in [0.3, 0.4) is 0 Å². The van der Waals surface area contributed by atoms with E-state index in [9.17, 15) is 22.4 Å². The first-order valence-electron chi connectivity index (χ1n) is 7.97. The fourth-order valence-corrected chi connectivity index (χ4v) is 2.32. The predicted octanol–water partition coefficient (Wildman–Crippen LogP) is 3.15. The molecule has 1 amide bonds. The lowest BCUT2D eigenvalue weighted by Gasteiger charge is -2.11. The second-order valence-electron chi connectivity index (χ2n) is 5.51. The van der Waals surface area contributed by atoms with Crippen LogP contribution in [0.25, 0.3) is 5.95 Å². The van der Waals surface area contributed by atoms with Gasteiger partial charge in [0.1, 0.15) is 5.82 Å². The summed E-state index contributed by atoms with van der Waals surface area (Å²) in [7, 11) is 0. The highest BCUT2D eigenvalue weighted by atomic mass is 19.4. The maximum absolute atomic E-state index is 13.4. The van der Waals surface area contributed by atoms with Crippen LogP contribution in [0.15, 0.2) is 48.9 Å². The van der Waals surface area contributed by atoms with Crippen LogP contribution in [0.5, 0.6) is 5.75 Å². The molecule has 0 bridgehead atoms. The highest BCUT2D eigenvalue weighted by Gasteiger charge is 2.41. The molecule has 3 rings (SSSR count). The van der Waals surface area contributed by atoms with Crippen LogP contribution in [0, 0.1) is 5.82 Å². The molecule has 1 N–H and O–H groups in total. The molecule has 0 aliphatic carbocycles. The molecule has 146 valence electrons. The third-order valence-corrected chi connectivity index (χ3v) is 3.54. The number of nitrogens with one attached hydrogen (secondary N) is 1. The number of carbonyl (C=O) groups excluding carboxylic acids is 1. The van der Waals surface area contributed by atoms with Crippen molar-refractivity contribution in [1.29, 1.82) is 0 Å². The molecule has 0 saturated heterocycles. The number of benzene rings is 1. The highest BCUT2D eigenvalue weighted by molar-refractivity contribution is 5.70. The summed E-state index contributed by atoms with van der Waals surface area (Å²) in [5.41, 5.74) is -0.570. The van der Waals surface area contributed by atoms with Gasteiger partial charge in [-0.2, -0.15) is 23.0 Å². The zero-order valence-corrected chi connectivity index (χ0v) is 14.2. The molecule has 7 nitrogen and oxygen atoms in total. The number of rotatable bonds is 5. The van der Waals surface area contributed by atoms with Crippen LogP contribution >= 0.6 is 0 Å². The van der Waals surface area contributed by atoms with Gasteiger partial charge in [-0.3, -0.25) is 0 Å². The molecular weight excluding hydrogens is 382 g/mol. The lowest BCUT2D eigenvalue weighted by molar-refractivity contribution is -0.143. The number of aromatic nitrogens is 4. The molecule has 0 atom stereocenters. The predicted molar refractivity (Wildman–Crippen MR) is 88.3 cm³/mol. The third kappa shape index (κ3) is 4.61. The first-order valence-corrected chi connectivity index (χ1v) is 7.97. The number of alkyl halides is 3. The topological polar surface area (TPSA) is 81.9 Å². The Kier molecular flexibility index (Phi) is 5.52. The van der Waals surface area contributed by atoms with Crippen molar-refractivity contribution in [1.82, 2.24) is 25.1 Å². The summed E-state index contributed by atoms with van der Waals surface area (Å²) in [5, 5.41) is 5.90. The van der Waals surface area contributed by atoms with Gasteiger partial charge in [-0.1, -0.05) is 12.1 Å². The summed E-state index contributed by atoms with van der Waals surface area (Å²) >= 11 is 0. The Morgan fingerprint density at radius 2 is 1.82 bits per heavy atom. The molecular formula is C17H13F4N5O2. The average molecular weight is 395 g/mol. The van der Waals surface area contributed by atoms with Crippen LogP contribution in [0.1, 0.15) is 11.3 Å². The number of halogens is 4. The largest absolute Gasteiger partial charge is 0.437 e. The van der Waals surface area contributed by atoms with E-state index in [-0.39, 0.29) is 12.5 Å². The summed E-state index contributed by atoms with van der Waals surface area (Å²) in [6, 6.07) is 7.04. The molecule has 0 unspecified atom stereocenters. The molecule has 2 heterocycles. The van der Waals surface area contributed by atoms with E-state index < -0.39 is 29.5 Å². The average Bonchev–Trinajstić information content (AvgIpc) is 3.08. The summed E-state index contributed by atoms with van der Waals surface area (Å²) in [5.74, 6) is -1.49. The molecule has 0 fully saturated rings. The van der Waals surface area contributed by atoms with Crippen molar-refractivity contribution in [3.63, 3.8) is 0 Å². The first-order chi connectivity index (χ1) is 13.3. The molecule has 2 aromatic heterocycles. The summed E-state index contributed by atoms with van der Waals surface area (Å²) in [4.78, 5) is 19.3. The zero-order valence-electron chi connectivity index (χ0n) is 14.2. The first kappa shape index (κ1) is 19.3. The van der Waals surface area contributed by atoms with E-state index in [1.54, 1.807) is 0 Å². The van der Waals surface area contributed by atoms with Crippen molar-refractivity contribution in [2.45, 2.75) is 12.6 Å². The van der Waals surface area contributed by atoms with Gasteiger partial charge in [0.2, 0.25) is 0 Å². The van der Waals surface area contributed by atoms with Crippen molar-refractivity contribution in [2.75, 3.05) is 6.54 Å². The minimum Gasteiger partial charge on any atom is -0.406 e.